The molecule has 1 aliphatic heterocycles. The van der Waals surface area contributed by atoms with E-state index in [0.29, 0.717) is 0 Å². The van der Waals surface area contributed by atoms with Gasteiger partial charge in [0.05, 0.1) is 5.60 Å². The summed E-state index contributed by atoms with van der Waals surface area (Å²) in [7, 11) is 0. The van der Waals surface area contributed by atoms with Gasteiger partial charge < -0.3 is 25.2 Å². The number of aromatic nitrogens is 2. The Balaban J connectivity index is 1.95. The minimum absolute atomic E-state index is 0.0327. The van der Waals surface area contributed by atoms with Crippen LogP contribution in [0.4, 0.5) is 23.9 Å². The van der Waals surface area contributed by atoms with Crippen LogP contribution in [0.2, 0.25) is 0 Å². The van der Waals surface area contributed by atoms with Crippen molar-refractivity contribution in [3.8, 4) is 0 Å². The van der Waals surface area contributed by atoms with Gasteiger partial charge in [0.2, 0.25) is 5.95 Å². The summed E-state index contributed by atoms with van der Waals surface area (Å²) in [4.78, 5) is 19.2. The molecule has 0 spiro atoms. The van der Waals surface area contributed by atoms with Crippen molar-refractivity contribution >= 4 is 12.0 Å². The molecule has 0 bridgehead atoms. The van der Waals surface area contributed by atoms with Crippen molar-refractivity contribution in [3.05, 3.63) is 18.0 Å². The van der Waals surface area contributed by atoms with Crippen LogP contribution in [0.5, 0.6) is 0 Å². The fraction of sp³-hybridized carbons (Fsp3) is 0.615. The maximum Gasteiger partial charge on any atom is 0.433 e. The van der Waals surface area contributed by atoms with Gasteiger partial charge in [-0.15, -0.1) is 0 Å². The lowest BCUT2D eigenvalue weighted by molar-refractivity contribution is -0.250. The molecule has 2 rings (SSSR count). The SMILES string of the molecule is O=C([O-])NCCC1(O)CCN(c2nccc(C(F)(F)F)n2)CC1. The van der Waals surface area contributed by atoms with E-state index in [2.05, 4.69) is 15.3 Å². The van der Waals surface area contributed by atoms with Crippen LogP contribution >= 0.6 is 0 Å². The Morgan fingerprint density at radius 2 is 2.09 bits per heavy atom. The number of hydrogen-bond donors (Lipinski definition) is 2. The second kappa shape index (κ2) is 6.57. The van der Waals surface area contributed by atoms with Crippen LogP contribution in [-0.2, 0) is 6.18 Å². The molecule has 7 nitrogen and oxygen atoms in total. The second-order valence-electron chi connectivity index (χ2n) is 5.42. The average molecular weight is 333 g/mol. The van der Waals surface area contributed by atoms with Crippen molar-refractivity contribution in [2.75, 3.05) is 24.5 Å². The molecule has 1 aromatic rings. The van der Waals surface area contributed by atoms with E-state index >= 15 is 0 Å². The molecule has 0 unspecified atom stereocenters. The zero-order chi connectivity index (χ0) is 17.1. The van der Waals surface area contributed by atoms with Gasteiger partial charge in [0.1, 0.15) is 11.8 Å². The van der Waals surface area contributed by atoms with Gasteiger partial charge in [-0.2, -0.15) is 13.2 Å². The Kier molecular flexibility index (Phi) is 4.93. The van der Waals surface area contributed by atoms with E-state index in [1.807, 2.05) is 0 Å². The third kappa shape index (κ3) is 4.68. The lowest BCUT2D eigenvalue weighted by atomic mass is 9.88. The first-order chi connectivity index (χ1) is 10.7. The number of carbonyl (C=O) groups excluding carboxylic acids is 1. The standard InChI is InChI=1S/C13H17F3N4O3/c14-13(15,16)9-1-5-17-10(19-9)20-7-3-12(23,4-8-20)2-6-18-11(21)22/h1,5,18,23H,2-4,6-8H2,(H,21,22)/p-1. The minimum Gasteiger partial charge on any atom is -0.530 e. The van der Waals surface area contributed by atoms with Crippen LogP contribution in [0.15, 0.2) is 12.3 Å². The third-order valence-corrected chi connectivity index (χ3v) is 3.77. The number of carbonyl (C=O) groups is 1. The van der Waals surface area contributed by atoms with E-state index < -0.39 is 23.6 Å². The van der Waals surface area contributed by atoms with Crippen LogP contribution in [0.25, 0.3) is 0 Å². The lowest BCUT2D eigenvalue weighted by Crippen LogP contribution is -2.47. The zero-order valence-electron chi connectivity index (χ0n) is 12.1. The van der Waals surface area contributed by atoms with Crippen molar-refractivity contribution < 1.29 is 28.2 Å². The number of piperidine rings is 1. The van der Waals surface area contributed by atoms with Crippen LogP contribution in [0.3, 0.4) is 0 Å². The number of rotatable bonds is 4. The van der Waals surface area contributed by atoms with Crippen molar-refractivity contribution in [2.45, 2.75) is 31.0 Å². The number of amides is 1. The Morgan fingerprint density at radius 3 is 2.65 bits per heavy atom. The molecule has 0 radical (unpaired) electrons. The molecule has 0 atom stereocenters. The second-order valence-corrected chi connectivity index (χ2v) is 5.42. The highest BCUT2D eigenvalue weighted by molar-refractivity contribution is 5.61. The van der Waals surface area contributed by atoms with Crippen molar-refractivity contribution in [1.29, 1.82) is 0 Å². The van der Waals surface area contributed by atoms with E-state index in [1.54, 1.807) is 4.90 Å². The van der Waals surface area contributed by atoms with Crippen molar-refractivity contribution in [3.63, 3.8) is 0 Å². The van der Waals surface area contributed by atoms with Gasteiger partial charge in [0.15, 0.2) is 0 Å². The van der Waals surface area contributed by atoms with Crippen LogP contribution < -0.4 is 15.3 Å². The number of hydrogen-bond acceptors (Lipinski definition) is 6. The summed E-state index contributed by atoms with van der Waals surface area (Å²) < 4.78 is 38.0. The first kappa shape index (κ1) is 17.3. The molecule has 0 aliphatic carbocycles. The highest BCUT2D eigenvalue weighted by atomic mass is 19.4. The summed E-state index contributed by atoms with van der Waals surface area (Å²) in [5, 5.41) is 22.7. The van der Waals surface area contributed by atoms with Crippen molar-refractivity contribution in [2.24, 2.45) is 0 Å². The third-order valence-electron chi connectivity index (χ3n) is 3.77. The highest BCUT2D eigenvalue weighted by Gasteiger charge is 2.35. The molecule has 1 fully saturated rings. The fourth-order valence-electron chi connectivity index (χ4n) is 2.43. The predicted molar refractivity (Wildman–Crippen MR) is 71.4 cm³/mol. The number of aliphatic hydroxyl groups is 1. The summed E-state index contributed by atoms with van der Waals surface area (Å²) >= 11 is 0. The monoisotopic (exact) mass is 333 g/mol. The summed E-state index contributed by atoms with van der Waals surface area (Å²) in [5.74, 6) is -0.0327. The van der Waals surface area contributed by atoms with Gasteiger partial charge in [-0.3, -0.25) is 0 Å². The van der Waals surface area contributed by atoms with Crippen LogP contribution in [-0.4, -0.2) is 46.4 Å². The molecule has 2 N–H and O–H groups in total. The maximum absolute atomic E-state index is 12.7. The van der Waals surface area contributed by atoms with Crippen LogP contribution in [0.1, 0.15) is 25.0 Å². The van der Waals surface area contributed by atoms with Crippen molar-refractivity contribution in [1.82, 2.24) is 15.3 Å². The van der Waals surface area contributed by atoms with E-state index in [0.717, 1.165) is 12.3 Å². The molecule has 1 amide bonds. The van der Waals surface area contributed by atoms with Gasteiger partial charge in [-0.05, 0) is 25.3 Å². The maximum atomic E-state index is 12.7. The summed E-state index contributed by atoms with van der Waals surface area (Å²) in [5.41, 5.74) is -2.08. The molecule has 2 heterocycles. The number of halogens is 3. The number of nitrogens with zero attached hydrogens (tertiary/aromatic N) is 3. The Hall–Kier alpha value is -2.10. The molecule has 23 heavy (non-hydrogen) atoms. The number of nitrogens with one attached hydrogen (secondary N) is 1. The first-order valence-corrected chi connectivity index (χ1v) is 7.02. The molecule has 10 heteroatoms. The number of carboxylic acid groups (broad SMARTS) is 1. The molecule has 0 saturated carbocycles. The average Bonchev–Trinajstić information content (AvgIpc) is 2.47. The quantitative estimate of drug-likeness (QED) is 0.813. The zero-order valence-corrected chi connectivity index (χ0v) is 12.1. The number of anilines is 1. The Morgan fingerprint density at radius 1 is 1.43 bits per heavy atom. The molecular formula is C13H16F3N4O3-. The molecule has 1 aliphatic rings. The van der Waals surface area contributed by atoms with Crippen LogP contribution in [0, 0.1) is 0 Å². The molecule has 1 aromatic heterocycles. The lowest BCUT2D eigenvalue weighted by Gasteiger charge is -2.38. The Bertz CT molecular complexity index is 560. The summed E-state index contributed by atoms with van der Waals surface area (Å²) in [6.07, 6.45) is -4.13. The normalized spacial score (nSPS) is 17.8. The molecule has 128 valence electrons. The predicted octanol–water partition coefficient (Wildman–Crippen LogP) is 0.150. The van der Waals surface area contributed by atoms with Gasteiger partial charge in [0.25, 0.3) is 0 Å². The van der Waals surface area contributed by atoms with Gasteiger partial charge in [-0.1, -0.05) is 0 Å². The minimum atomic E-state index is -4.54. The fourth-order valence-corrected chi connectivity index (χ4v) is 2.43. The largest absolute Gasteiger partial charge is 0.530 e. The van der Waals surface area contributed by atoms with Gasteiger partial charge in [-0.25, -0.2) is 9.97 Å². The van der Waals surface area contributed by atoms with E-state index in [-0.39, 0.29) is 44.8 Å². The van der Waals surface area contributed by atoms with E-state index in [4.69, 9.17) is 0 Å². The van der Waals surface area contributed by atoms with Gasteiger partial charge in [0, 0.05) is 25.8 Å². The summed E-state index contributed by atoms with van der Waals surface area (Å²) in [6.45, 7) is 0.616. The smallest absolute Gasteiger partial charge is 0.433 e. The first-order valence-electron chi connectivity index (χ1n) is 7.02. The Labute approximate surface area is 130 Å². The number of alkyl halides is 3. The topological polar surface area (TPSA) is 101 Å². The summed E-state index contributed by atoms with van der Waals surface area (Å²) in [6, 6.07) is 0.801. The molecule has 1 saturated heterocycles. The van der Waals surface area contributed by atoms with E-state index in [1.165, 1.54) is 0 Å². The molecule has 0 aromatic carbocycles. The highest BCUT2D eigenvalue weighted by Crippen LogP contribution is 2.30. The van der Waals surface area contributed by atoms with Gasteiger partial charge >= 0.3 is 6.18 Å². The molecular weight excluding hydrogens is 317 g/mol. The van der Waals surface area contributed by atoms with E-state index in [9.17, 15) is 28.2 Å².